The van der Waals surface area contributed by atoms with Gasteiger partial charge in [0.2, 0.25) is 11.8 Å². The van der Waals surface area contributed by atoms with Crippen LogP contribution in [-0.4, -0.2) is 74.9 Å². The first kappa shape index (κ1) is 40.0. The minimum Gasteiger partial charge on any atom is -0.443 e. The maximum Gasteiger partial charge on any atom is 0.424 e. The number of aliphatic hydroxyl groups is 2. The molecule has 11 heteroatoms. The third kappa shape index (κ3) is 12.2. The number of aliphatic hydroxyl groups excluding tert-OH is 2. The average molecular weight is 689 g/mol. The van der Waals surface area contributed by atoms with Gasteiger partial charge in [-0.15, -0.1) is 0 Å². The van der Waals surface area contributed by atoms with Crippen molar-refractivity contribution in [2.45, 2.75) is 96.2 Å². The van der Waals surface area contributed by atoms with E-state index in [0.29, 0.717) is 22.4 Å². The quantitative estimate of drug-likeness (QED) is 0.159. The summed E-state index contributed by atoms with van der Waals surface area (Å²) >= 11 is 0. The SMILES string of the molecule is CC(C)C[C@H](N)C(=O)N[C@@H](Cc1ccccc1)C(=O)N(C(=O)OC(C)(C)C)C(=O)[C@H](Cc1ccccc1)[C@H](O)[C@H](O)[C@@H](N)Cc1ccccc1. The molecule has 0 heterocycles. The highest BCUT2D eigenvalue weighted by atomic mass is 16.6. The molecule has 50 heavy (non-hydrogen) atoms. The topological polar surface area (TPSA) is 185 Å². The Morgan fingerprint density at radius 2 is 1.18 bits per heavy atom. The van der Waals surface area contributed by atoms with E-state index in [2.05, 4.69) is 5.32 Å². The van der Waals surface area contributed by atoms with Gasteiger partial charge in [-0.1, -0.05) is 105 Å². The number of imide groups is 3. The van der Waals surface area contributed by atoms with Gasteiger partial charge in [0.05, 0.1) is 24.2 Å². The molecule has 4 amide bonds. The van der Waals surface area contributed by atoms with E-state index >= 15 is 0 Å². The van der Waals surface area contributed by atoms with Gasteiger partial charge in [-0.05, 0) is 62.6 Å². The number of carbonyl (C=O) groups is 4. The third-order valence-electron chi connectivity index (χ3n) is 8.11. The molecule has 0 saturated carbocycles. The largest absolute Gasteiger partial charge is 0.443 e. The molecule has 0 fully saturated rings. The van der Waals surface area contributed by atoms with Crippen LogP contribution in [0.25, 0.3) is 0 Å². The lowest BCUT2D eigenvalue weighted by Gasteiger charge is -2.34. The lowest BCUT2D eigenvalue weighted by molar-refractivity contribution is -0.152. The first-order valence-electron chi connectivity index (χ1n) is 17.0. The van der Waals surface area contributed by atoms with E-state index in [1.54, 1.807) is 81.4 Å². The Balaban J connectivity index is 2.07. The highest BCUT2D eigenvalue weighted by Crippen LogP contribution is 2.24. The van der Waals surface area contributed by atoms with Crippen LogP contribution in [0.2, 0.25) is 0 Å². The van der Waals surface area contributed by atoms with Crippen molar-refractivity contribution in [3.8, 4) is 0 Å². The molecule has 0 aromatic heterocycles. The van der Waals surface area contributed by atoms with Gasteiger partial charge in [-0.2, -0.15) is 4.90 Å². The molecule has 7 N–H and O–H groups in total. The number of ether oxygens (including phenoxy) is 1. The molecule has 6 atom stereocenters. The first-order valence-corrected chi connectivity index (χ1v) is 17.0. The maximum absolute atomic E-state index is 14.6. The highest BCUT2D eigenvalue weighted by Gasteiger charge is 2.45. The number of nitrogens with one attached hydrogen (secondary N) is 1. The molecule has 3 aromatic carbocycles. The second-order valence-electron chi connectivity index (χ2n) is 14.1. The molecule has 0 spiro atoms. The molecular weight excluding hydrogens is 636 g/mol. The molecule has 270 valence electrons. The monoisotopic (exact) mass is 688 g/mol. The lowest BCUT2D eigenvalue weighted by Crippen LogP contribution is -2.59. The third-order valence-corrected chi connectivity index (χ3v) is 8.11. The van der Waals surface area contributed by atoms with Gasteiger partial charge in [-0.25, -0.2) is 4.79 Å². The molecule has 0 radical (unpaired) electrons. The van der Waals surface area contributed by atoms with E-state index < -0.39 is 65.7 Å². The molecule has 0 aliphatic rings. The Morgan fingerprint density at radius 1 is 0.720 bits per heavy atom. The molecule has 0 bridgehead atoms. The Bertz CT molecular complexity index is 1530. The van der Waals surface area contributed by atoms with E-state index in [0.717, 1.165) is 5.56 Å². The van der Waals surface area contributed by atoms with Gasteiger partial charge in [-0.3, -0.25) is 14.4 Å². The van der Waals surface area contributed by atoms with Crippen molar-refractivity contribution in [1.82, 2.24) is 10.2 Å². The fourth-order valence-corrected chi connectivity index (χ4v) is 5.58. The Labute approximate surface area is 295 Å². The van der Waals surface area contributed by atoms with Gasteiger partial charge in [0.25, 0.3) is 5.91 Å². The minimum absolute atomic E-state index is 0.0805. The number of benzene rings is 3. The number of hydrogen-bond acceptors (Lipinski definition) is 9. The van der Waals surface area contributed by atoms with Crippen molar-refractivity contribution in [1.29, 1.82) is 0 Å². The molecule has 0 aliphatic heterocycles. The maximum atomic E-state index is 14.6. The summed E-state index contributed by atoms with van der Waals surface area (Å²) in [4.78, 5) is 56.6. The summed E-state index contributed by atoms with van der Waals surface area (Å²) in [5.74, 6) is -4.27. The number of rotatable bonds is 15. The number of hydrogen-bond donors (Lipinski definition) is 5. The number of nitrogens with two attached hydrogens (primary N) is 2. The second-order valence-corrected chi connectivity index (χ2v) is 14.1. The van der Waals surface area contributed by atoms with E-state index in [9.17, 15) is 29.4 Å². The zero-order chi connectivity index (χ0) is 37.0. The van der Waals surface area contributed by atoms with Crippen LogP contribution in [-0.2, 0) is 38.4 Å². The standard InChI is InChI=1S/C39H52N4O7/c1-25(2)21-31(41)35(46)42-32(24-28-19-13-8-14-20-28)37(48)43(38(49)50-39(3,4)5)36(47)29(22-26-15-9-6-10-16-26)33(44)34(45)30(40)23-27-17-11-7-12-18-27/h6-20,25,29-34,44-45H,21-24,40-41H2,1-5H3,(H,42,46)/t29-,30+,31+,32+,33+,34-/m1/s1. The van der Waals surface area contributed by atoms with E-state index in [4.69, 9.17) is 16.2 Å². The van der Waals surface area contributed by atoms with Gasteiger partial charge in [0, 0.05) is 12.5 Å². The van der Waals surface area contributed by atoms with Crippen LogP contribution < -0.4 is 16.8 Å². The summed E-state index contributed by atoms with van der Waals surface area (Å²) in [6, 6.07) is 23.2. The lowest BCUT2D eigenvalue weighted by atomic mass is 9.86. The van der Waals surface area contributed by atoms with Gasteiger partial charge < -0.3 is 31.7 Å². The van der Waals surface area contributed by atoms with Crippen molar-refractivity contribution >= 4 is 23.8 Å². The summed E-state index contributed by atoms with van der Waals surface area (Å²) in [6.45, 7) is 8.54. The second kappa shape index (κ2) is 18.5. The normalized spacial score (nSPS) is 15.2. The Morgan fingerprint density at radius 3 is 1.64 bits per heavy atom. The van der Waals surface area contributed by atoms with Gasteiger partial charge in [0.15, 0.2) is 0 Å². The molecule has 0 unspecified atom stereocenters. The van der Waals surface area contributed by atoms with E-state index in [1.165, 1.54) is 0 Å². The Hall–Kier alpha value is -4.42. The zero-order valence-corrected chi connectivity index (χ0v) is 29.6. The first-order chi connectivity index (χ1) is 23.6. The van der Waals surface area contributed by atoms with Crippen LogP contribution in [0.4, 0.5) is 4.79 Å². The number of amides is 4. The predicted molar refractivity (Wildman–Crippen MR) is 191 cm³/mol. The van der Waals surface area contributed by atoms with Crippen molar-refractivity contribution in [2.75, 3.05) is 0 Å². The van der Waals surface area contributed by atoms with E-state index in [-0.39, 0.29) is 25.2 Å². The van der Waals surface area contributed by atoms with Gasteiger partial charge in [0.1, 0.15) is 11.6 Å². The zero-order valence-electron chi connectivity index (χ0n) is 29.6. The fourth-order valence-electron chi connectivity index (χ4n) is 5.58. The summed E-state index contributed by atoms with van der Waals surface area (Å²) in [6.07, 6.45) is -4.45. The van der Waals surface area contributed by atoms with Crippen molar-refractivity contribution in [3.63, 3.8) is 0 Å². The van der Waals surface area contributed by atoms with Crippen molar-refractivity contribution in [3.05, 3.63) is 108 Å². The Kier molecular flexibility index (Phi) is 14.8. The summed E-state index contributed by atoms with van der Waals surface area (Å²) in [5.41, 5.74) is 13.4. The molecule has 3 aromatic rings. The molecule has 0 saturated heterocycles. The van der Waals surface area contributed by atoms with Crippen molar-refractivity contribution in [2.24, 2.45) is 23.3 Å². The average Bonchev–Trinajstić information content (AvgIpc) is 3.06. The van der Waals surface area contributed by atoms with E-state index in [1.807, 2.05) is 44.2 Å². The summed E-state index contributed by atoms with van der Waals surface area (Å²) in [5, 5.41) is 25.6. The van der Waals surface area contributed by atoms with Gasteiger partial charge >= 0.3 is 6.09 Å². The molecule has 11 nitrogen and oxygen atoms in total. The van der Waals surface area contributed by atoms with Crippen LogP contribution in [0.1, 0.15) is 57.7 Å². The number of carbonyl (C=O) groups excluding carboxylic acids is 4. The smallest absolute Gasteiger partial charge is 0.424 e. The van der Waals surface area contributed by atoms with Crippen LogP contribution in [0.3, 0.4) is 0 Å². The van der Waals surface area contributed by atoms with Crippen LogP contribution in [0.5, 0.6) is 0 Å². The molecule has 3 rings (SSSR count). The van der Waals surface area contributed by atoms with Crippen molar-refractivity contribution < 1.29 is 34.1 Å². The summed E-state index contributed by atoms with van der Waals surface area (Å²) < 4.78 is 5.55. The molecular formula is C39H52N4O7. The summed E-state index contributed by atoms with van der Waals surface area (Å²) in [7, 11) is 0. The fraction of sp³-hybridized carbons (Fsp3) is 0.436. The van der Waals surface area contributed by atoms with Crippen LogP contribution in [0.15, 0.2) is 91.0 Å². The number of nitrogens with zero attached hydrogens (tertiary/aromatic N) is 1. The molecule has 0 aliphatic carbocycles. The minimum atomic E-state index is -1.80. The predicted octanol–water partition coefficient (Wildman–Crippen LogP) is 3.53. The highest BCUT2D eigenvalue weighted by molar-refractivity contribution is 6.12. The van der Waals surface area contributed by atoms with Crippen LogP contribution >= 0.6 is 0 Å². The van der Waals surface area contributed by atoms with Crippen LogP contribution in [0, 0.1) is 11.8 Å².